The summed E-state index contributed by atoms with van der Waals surface area (Å²) < 4.78 is 29.5. The van der Waals surface area contributed by atoms with E-state index in [0.717, 1.165) is 22.8 Å². The summed E-state index contributed by atoms with van der Waals surface area (Å²) in [4.78, 5) is 12.1. The number of hydrogen-bond acceptors (Lipinski definition) is 6. The average Bonchev–Trinajstić information content (AvgIpc) is 2.78. The third-order valence-corrected chi connectivity index (χ3v) is 6.30. The maximum atomic E-state index is 12.1. The van der Waals surface area contributed by atoms with Crippen LogP contribution in [0, 0.1) is 11.8 Å². The summed E-state index contributed by atoms with van der Waals surface area (Å²) in [6, 6.07) is 12.9. The Morgan fingerprint density at radius 3 is 2.44 bits per heavy atom. The van der Waals surface area contributed by atoms with Crippen molar-refractivity contribution in [1.29, 1.82) is 0 Å². The van der Waals surface area contributed by atoms with Gasteiger partial charge < -0.3 is 28.8 Å². The molecule has 0 radical (unpaired) electrons. The van der Waals surface area contributed by atoms with Gasteiger partial charge in [-0.25, -0.2) is 0 Å². The van der Waals surface area contributed by atoms with Crippen LogP contribution in [0.3, 0.4) is 0 Å². The summed E-state index contributed by atoms with van der Waals surface area (Å²) in [5.74, 6) is 1.12. The molecule has 2 aliphatic rings. The number of rotatable bonds is 7. The average molecular weight is 443 g/mol. The van der Waals surface area contributed by atoms with E-state index in [-0.39, 0.29) is 18.6 Å². The lowest BCUT2D eigenvalue weighted by Crippen LogP contribution is -2.53. The molecule has 0 aliphatic carbocycles. The summed E-state index contributed by atoms with van der Waals surface area (Å²) in [6.07, 6.45) is -0.482. The number of carboxylic acids is 1. The first kappa shape index (κ1) is 22.3. The van der Waals surface area contributed by atoms with E-state index in [1.165, 1.54) is 0 Å². The van der Waals surface area contributed by atoms with Gasteiger partial charge in [0.2, 0.25) is 0 Å². The van der Waals surface area contributed by atoms with Crippen molar-refractivity contribution in [2.24, 2.45) is 11.8 Å². The Bertz CT molecular complexity index is 953. The smallest absolute Gasteiger partial charge is 0.309 e. The van der Waals surface area contributed by atoms with Crippen LogP contribution in [0.5, 0.6) is 23.0 Å². The van der Waals surface area contributed by atoms with Gasteiger partial charge in [-0.1, -0.05) is 0 Å². The lowest BCUT2D eigenvalue weighted by atomic mass is 9.72. The zero-order valence-electron chi connectivity index (χ0n) is 18.9. The van der Waals surface area contributed by atoms with Gasteiger partial charge in [-0.15, -0.1) is 0 Å². The lowest BCUT2D eigenvalue weighted by Gasteiger charge is -2.50. The first-order chi connectivity index (χ1) is 15.3. The molecule has 1 saturated heterocycles. The van der Waals surface area contributed by atoms with Gasteiger partial charge in [0.1, 0.15) is 41.3 Å². The van der Waals surface area contributed by atoms with E-state index in [2.05, 4.69) is 0 Å². The summed E-state index contributed by atoms with van der Waals surface area (Å²) >= 11 is 0. The quantitative estimate of drug-likeness (QED) is 0.676. The van der Waals surface area contributed by atoms with E-state index in [4.69, 9.17) is 23.7 Å². The van der Waals surface area contributed by atoms with Gasteiger partial charge >= 0.3 is 5.97 Å². The molecular weight excluding hydrogens is 412 g/mol. The normalized spacial score (nSPS) is 25.6. The van der Waals surface area contributed by atoms with E-state index in [0.29, 0.717) is 18.8 Å². The number of aliphatic carboxylic acids is 1. The number of carbonyl (C=O) groups is 1. The van der Waals surface area contributed by atoms with Crippen LogP contribution in [-0.2, 0) is 9.53 Å². The van der Waals surface area contributed by atoms with Crippen molar-refractivity contribution in [2.45, 2.75) is 45.0 Å². The Balaban J connectivity index is 1.60. The zero-order valence-corrected chi connectivity index (χ0v) is 18.9. The van der Waals surface area contributed by atoms with Gasteiger partial charge in [0.15, 0.2) is 0 Å². The predicted octanol–water partition coefficient (Wildman–Crippen LogP) is 4.49. The van der Waals surface area contributed by atoms with Gasteiger partial charge in [0.25, 0.3) is 0 Å². The highest BCUT2D eigenvalue weighted by Crippen LogP contribution is 2.52. The van der Waals surface area contributed by atoms with Crippen molar-refractivity contribution < 1.29 is 33.6 Å². The van der Waals surface area contributed by atoms with E-state index in [1.54, 1.807) is 31.4 Å². The fourth-order valence-corrected chi connectivity index (χ4v) is 4.59. The number of hydrogen-bond donors (Lipinski definition) is 1. The molecule has 2 aliphatic heterocycles. The Hall–Kier alpha value is -2.93. The molecule has 0 saturated carbocycles. The summed E-state index contributed by atoms with van der Waals surface area (Å²) in [6.45, 7) is 6.60. The van der Waals surface area contributed by atoms with Crippen LogP contribution in [0.2, 0.25) is 0 Å². The first-order valence-electron chi connectivity index (χ1n) is 10.9. The highest BCUT2D eigenvalue weighted by atomic mass is 16.6. The van der Waals surface area contributed by atoms with Gasteiger partial charge in [0.05, 0.1) is 25.7 Å². The molecule has 0 unspecified atom stereocenters. The summed E-state index contributed by atoms with van der Waals surface area (Å²) in [7, 11) is 1.60. The summed E-state index contributed by atoms with van der Waals surface area (Å²) in [5.41, 5.74) is 0.318. The van der Waals surface area contributed by atoms with Crippen LogP contribution in [0.4, 0.5) is 0 Å². The molecule has 1 N–H and O–H groups in total. The van der Waals surface area contributed by atoms with Crippen LogP contribution in [-0.4, -0.2) is 43.1 Å². The molecule has 0 spiro atoms. The minimum atomic E-state index is -0.892. The Morgan fingerprint density at radius 2 is 1.78 bits per heavy atom. The molecule has 172 valence electrons. The third-order valence-electron chi connectivity index (χ3n) is 6.30. The van der Waals surface area contributed by atoms with Crippen LogP contribution < -0.4 is 18.9 Å². The van der Waals surface area contributed by atoms with Crippen LogP contribution in [0.1, 0.15) is 38.9 Å². The fourth-order valence-electron chi connectivity index (χ4n) is 4.59. The number of methoxy groups -OCH3 is 1. The number of benzene rings is 2. The van der Waals surface area contributed by atoms with Crippen molar-refractivity contribution in [1.82, 2.24) is 0 Å². The second kappa shape index (κ2) is 8.90. The largest absolute Gasteiger partial charge is 0.497 e. The molecule has 0 amide bonds. The van der Waals surface area contributed by atoms with Gasteiger partial charge in [0, 0.05) is 11.5 Å². The predicted molar refractivity (Wildman–Crippen MR) is 118 cm³/mol. The van der Waals surface area contributed by atoms with Crippen LogP contribution >= 0.6 is 0 Å². The molecule has 0 bridgehead atoms. The summed E-state index contributed by atoms with van der Waals surface area (Å²) in [5, 5.41) is 9.93. The Labute approximate surface area is 188 Å². The highest BCUT2D eigenvalue weighted by molar-refractivity contribution is 5.71. The molecular formula is C25H30O7. The second-order valence-corrected chi connectivity index (χ2v) is 8.71. The van der Waals surface area contributed by atoms with Crippen molar-refractivity contribution >= 4 is 5.97 Å². The van der Waals surface area contributed by atoms with Gasteiger partial charge in [-0.3, -0.25) is 4.79 Å². The molecule has 32 heavy (non-hydrogen) atoms. The topological polar surface area (TPSA) is 83.5 Å². The third kappa shape index (κ3) is 4.35. The number of fused-ring (bicyclic) bond motifs is 3. The molecule has 2 aromatic rings. The Morgan fingerprint density at radius 1 is 1.09 bits per heavy atom. The van der Waals surface area contributed by atoms with Crippen LogP contribution in [0.15, 0.2) is 42.5 Å². The number of ether oxygens (including phenoxy) is 5. The lowest BCUT2D eigenvalue weighted by molar-refractivity contribution is -0.192. The molecule has 4 rings (SSSR count). The zero-order chi connectivity index (χ0) is 22.9. The molecule has 4 atom stereocenters. The monoisotopic (exact) mass is 442 g/mol. The van der Waals surface area contributed by atoms with Gasteiger partial charge in [-0.05, 0) is 69.7 Å². The Kier molecular flexibility index (Phi) is 6.20. The molecule has 7 nitrogen and oxygen atoms in total. The highest BCUT2D eigenvalue weighted by Gasteiger charge is 2.52. The van der Waals surface area contributed by atoms with Crippen molar-refractivity contribution in [3.8, 4) is 23.0 Å². The standard InChI is InChI=1S/C25H30O7/c1-5-29-17-10-11-21-18(12-17)23-20(25(2,3)32-21)13-19(24(26)27)22(31-23)14-30-16-8-6-15(28-4)7-9-16/h6-12,19-20,22-23H,5,13-14H2,1-4H3,(H,26,27)/t19-,20-,22-,23+/m0/s1. The second-order valence-electron chi connectivity index (χ2n) is 8.71. The minimum Gasteiger partial charge on any atom is -0.497 e. The fraction of sp³-hybridized carbons (Fsp3) is 0.480. The SMILES string of the molecule is CCOc1ccc2c(c1)[C@H]1O[C@@H](COc3ccc(OC)cc3)[C@@H](C(=O)O)C[C@@H]1C(C)(C)O2. The van der Waals surface area contributed by atoms with E-state index >= 15 is 0 Å². The molecule has 0 aromatic heterocycles. The van der Waals surface area contributed by atoms with E-state index in [1.807, 2.05) is 39.0 Å². The molecule has 2 heterocycles. The van der Waals surface area contributed by atoms with E-state index in [9.17, 15) is 9.90 Å². The van der Waals surface area contributed by atoms with Gasteiger partial charge in [-0.2, -0.15) is 0 Å². The maximum Gasteiger partial charge on any atom is 0.309 e. The van der Waals surface area contributed by atoms with Crippen molar-refractivity contribution in [2.75, 3.05) is 20.3 Å². The van der Waals surface area contributed by atoms with Crippen molar-refractivity contribution in [3.05, 3.63) is 48.0 Å². The first-order valence-corrected chi connectivity index (χ1v) is 10.9. The molecule has 1 fully saturated rings. The minimum absolute atomic E-state index is 0.120. The van der Waals surface area contributed by atoms with Crippen molar-refractivity contribution in [3.63, 3.8) is 0 Å². The maximum absolute atomic E-state index is 12.1. The molecule has 2 aromatic carbocycles. The van der Waals surface area contributed by atoms with Crippen LogP contribution in [0.25, 0.3) is 0 Å². The number of carboxylic acid groups (broad SMARTS) is 1. The van der Waals surface area contributed by atoms with E-state index < -0.39 is 23.6 Å². The molecule has 7 heteroatoms.